The normalized spacial score (nSPS) is 16.0. The largest absolute Gasteiger partial charge is 0.493 e. The molecule has 8 aromatic heterocycles. The first-order valence-electron chi connectivity index (χ1n) is 20.0. The van der Waals surface area contributed by atoms with Gasteiger partial charge in [0.05, 0.1) is 72.1 Å². The second-order valence-electron chi connectivity index (χ2n) is 15.3. The van der Waals surface area contributed by atoms with Crippen molar-refractivity contribution >= 4 is 89.0 Å². The molecule has 0 bridgehead atoms. The van der Waals surface area contributed by atoms with Crippen LogP contribution >= 0.6 is 22.7 Å². The van der Waals surface area contributed by atoms with E-state index < -0.39 is 18.6 Å². The minimum atomic E-state index is -4.28. The molecular weight excluding hydrogens is 860 g/mol. The van der Waals surface area contributed by atoms with Crippen LogP contribution < -0.4 is 20.1 Å². The predicted molar refractivity (Wildman–Crippen MR) is 232 cm³/mol. The van der Waals surface area contributed by atoms with Crippen LogP contribution in [0.15, 0.2) is 61.7 Å². The summed E-state index contributed by atoms with van der Waals surface area (Å²) in [6, 6.07) is 7.68. The van der Waals surface area contributed by atoms with Crippen LogP contribution in [0.25, 0.3) is 31.5 Å². The molecular formula is C42H40F3N11O5S2. The van der Waals surface area contributed by atoms with Gasteiger partial charge in [0.1, 0.15) is 34.0 Å². The monoisotopic (exact) mass is 899 g/mol. The van der Waals surface area contributed by atoms with E-state index in [-0.39, 0.29) is 24.3 Å². The van der Waals surface area contributed by atoms with Crippen molar-refractivity contribution in [3.63, 3.8) is 0 Å². The van der Waals surface area contributed by atoms with Crippen LogP contribution in [0.2, 0.25) is 0 Å². The number of carboxylic acids is 1. The summed E-state index contributed by atoms with van der Waals surface area (Å²) in [7, 11) is 4.64. The van der Waals surface area contributed by atoms with Gasteiger partial charge in [-0.1, -0.05) is 0 Å². The van der Waals surface area contributed by atoms with Crippen molar-refractivity contribution in [1.82, 2.24) is 44.1 Å². The molecule has 1 amide bonds. The number of carbonyl (C=O) groups excluding carboxylic acids is 1. The molecule has 0 unspecified atom stereocenters. The van der Waals surface area contributed by atoms with E-state index in [1.165, 1.54) is 35.9 Å². The highest BCUT2D eigenvalue weighted by molar-refractivity contribution is 7.19. The minimum Gasteiger partial charge on any atom is -0.493 e. The van der Waals surface area contributed by atoms with Gasteiger partial charge in [0.2, 0.25) is 5.91 Å². The summed E-state index contributed by atoms with van der Waals surface area (Å²) in [5.74, 6) is 0.951. The number of aliphatic carboxylic acids is 1. The molecule has 2 atom stereocenters. The number of fused-ring (bicyclic) bond motifs is 8. The highest BCUT2D eigenvalue weighted by Crippen LogP contribution is 2.43. The number of methoxy groups -OCH3 is 2. The molecule has 3 N–H and O–H groups in total. The fourth-order valence-corrected chi connectivity index (χ4v) is 10.8. The summed E-state index contributed by atoms with van der Waals surface area (Å²) in [6.45, 7) is -0.332. The van der Waals surface area contributed by atoms with Crippen LogP contribution in [0.1, 0.15) is 40.1 Å². The molecule has 0 aromatic carbocycles. The number of hydrogen-bond acceptors (Lipinski definition) is 14. The summed E-state index contributed by atoms with van der Waals surface area (Å²) in [4.78, 5) is 47.0. The summed E-state index contributed by atoms with van der Waals surface area (Å²) < 4.78 is 52.2. The number of carbonyl (C=O) groups is 2. The Morgan fingerprint density at radius 3 is 1.78 bits per heavy atom. The van der Waals surface area contributed by atoms with Crippen molar-refractivity contribution in [1.29, 1.82) is 0 Å². The van der Waals surface area contributed by atoms with E-state index in [2.05, 4.69) is 40.8 Å². The van der Waals surface area contributed by atoms with Gasteiger partial charge in [-0.05, 0) is 73.9 Å². The number of alkyl halides is 3. The predicted octanol–water partition coefficient (Wildman–Crippen LogP) is 7.89. The highest BCUT2D eigenvalue weighted by atomic mass is 32.1. The maximum atomic E-state index is 12.8. The summed E-state index contributed by atoms with van der Waals surface area (Å²) in [6.07, 6.45) is 8.34. The van der Waals surface area contributed by atoms with Gasteiger partial charge < -0.3 is 30.1 Å². The van der Waals surface area contributed by atoms with E-state index in [9.17, 15) is 27.9 Å². The number of anilines is 4. The molecule has 8 heterocycles. The Balaban J connectivity index is 0.000000164. The molecule has 8 aromatic rings. The lowest BCUT2D eigenvalue weighted by Crippen LogP contribution is -2.37. The minimum absolute atomic E-state index is 0.249. The number of nitrogens with one attached hydrogen (secondary N) is 2. The van der Waals surface area contributed by atoms with Gasteiger partial charge in [-0.3, -0.25) is 9.59 Å². The van der Waals surface area contributed by atoms with Crippen LogP contribution in [-0.2, 0) is 35.3 Å². The molecule has 0 fully saturated rings. The van der Waals surface area contributed by atoms with E-state index in [1.807, 2.05) is 30.5 Å². The Morgan fingerprint density at radius 1 is 0.810 bits per heavy atom. The molecule has 0 aliphatic heterocycles. The maximum Gasteiger partial charge on any atom is 0.390 e. The standard InChI is InChI=1S/C23H23F3N6O2S.C19H17N5O3S/c1-31(8-6-23(24,25)26)22(33)13-3-4-15-18(9-13)35-21-19(15)20(27-12-28-21)30-16-10-14-5-7-29-32(14)11-17(16)34-2;1-27-14-8-24-11(4-5-22-24)7-13(14)23-17-16-12-3-2-10(19(25)26)6-15(12)28-18(16)21-9-20-17/h5,7,10-13H,3-4,6,8-9H2,1-2H3,(H,27,28,30);4-5,7-10H,2-3,6H2,1H3,(H,25,26)(H,20,21,23)/t13-;10-/m00/s1. The van der Waals surface area contributed by atoms with Gasteiger partial charge in [0, 0.05) is 41.7 Å². The SMILES string of the molecule is COc1cn2nccc2cc1Nc1ncnc2sc3c(c12)CC[C@H](C(=O)N(C)CCC(F)(F)F)C3.COc1cn2nccc2cc1Nc1ncnc2sc3c(c12)CC[C@H](C(=O)O)C3. The van der Waals surface area contributed by atoms with Gasteiger partial charge in [0.25, 0.3) is 0 Å². The number of hydrogen-bond donors (Lipinski definition) is 3. The zero-order valence-electron chi connectivity index (χ0n) is 34.1. The Hall–Kier alpha value is -6.61. The molecule has 63 heavy (non-hydrogen) atoms. The first kappa shape index (κ1) is 41.7. The lowest BCUT2D eigenvalue weighted by atomic mass is 9.87. The quantitative estimate of drug-likeness (QED) is 0.120. The van der Waals surface area contributed by atoms with E-state index in [0.717, 1.165) is 63.7 Å². The average Bonchev–Trinajstić information content (AvgIpc) is 4.09. The number of carboxylic acid groups (broad SMARTS) is 1. The van der Waals surface area contributed by atoms with Crippen LogP contribution in [0.3, 0.4) is 0 Å². The van der Waals surface area contributed by atoms with Crippen molar-refractivity contribution in [2.24, 2.45) is 11.8 Å². The molecule has 0 saturated heterocycles. The first-order valence-corrected chi connectivity index (χ1v) is 21.6. The first-order chi connectivity index (χ1) is 30.4. The molecule has 16 nitrogen and oxygen atoms in total. The van der Waals surface area contributed by atoms with Gasteiger partial charge in [0.15, 0.2) is 11.5 Å². The number of halogens is 3. The lowest BCUT2D eigenvalue weighted by Gasteiger charge is -2.27. The zero-order valence-corrected chi connectivity index (χ0v) is 35.8. The number of thiophene rings is 2. The smallest absolute Gasteiger partial charge is 0.390 e. The van der Waals surface area contributed by atoms with Crippen molar-refractivity contribution in [2.45, 2.75) is 51.1 Å². The van der Waals surface area contributed by atoms with E-state index in [0.29, 0.717) is 61.7 Å². The topological polar surface area (TPSA) is 186 Å². The van der Waals surface area contributed by atoms with Crippen molar-refractivity contribution in [2.75, 3.05) is 38.4 Å². The molecule has 0 saturated carbocycles. The van der Waals surface area contributed by atoms with E-state index >= 15 is 0 Å². The number of aromatic nitrogens is 8. The summed E-state index contributed by atoms with van der Waals surface area (Å²) >= 11 is 3.06. The number of amides is 1. The molecule has 2 aliphatic rings. The number of nitrogens with zero attached hydrogens (tertiary/aromatic N) is 9. The zero-order chi connectivity index (χ0) is 44.0. The number of aryl methyl sites for hydroxylation is 2. The summed E-state index contributed by atoms with van der Waals surface area (Å²) in [5, 5.41) is 26.5. The van der Waals surface area contributed by atoms with E-state index in [4.69, 9.17) is 9.47 Å². The van der Waals surface area contributed by atoms with Crippen LogP contribution in [0.4, 0.5) is 36.2 Å². The molecule has 326 valence electrons. The second-order valence-corrected chi connectivity index (χ2v) is 17.5. The Kier molecular flexibility index (Phi) is 11.2. The van der Waals surface area contributed by atoms with Gasteiger partial charge >= 0.3 is 12.1 Å². The lowest BCUT2D eigenvalue weighted by molar-refractivity contribution is -0.146. The fraction of sp³-hybridized carbons (Fsp3) is 0.333. The van der Waals surface area contributed by atoms with Crippen molar-refractivity contribution in [3.05, 3.63) is 82.6 Å². The van der Waals surface area contributed by atoms with Gasteiger partial charge in [-0.25, -0.2) is 29.0 Å². The fourth-order valence-electron chi connectivity index (χ4n) is 8.22. The highest BCUT2D eigenvalue weighted by Gasteiger charge is 2.34. The van der Waals surface area contributed by atoms with Crippen LogP contribution in [0.5, 0.6) is 11.5 Å². The maximum absolute atomic E-state index is 12.8. The average molecular weight is 900 g/mol. The number of rotatable bonds is 10. The molecule has 21 heteroatoms. The third-order valence-electron chi connectivity index (χ3n) is 11.4. The Bertz CT molecular complexity index is 3020. The summed E-state index contributed by atoms with van der Waals surface area (Å²) in [5.41, 5.74) is 5.59. The number of ether oxygens (including phenoxy) is 2. The molecule has 2 aliphatic carbocycles. The van der Waals surface area contributed by atoms with Crippen molar-refractivity contribution in [3.8, 4) is 11.5 Å². The van der Waals surface area contributed by atoms with Crippen LogP contribution in [-0.4, -0.2) is 95.0 Å². The van der Waals surface area contributed by atoms with Crippen molar-refractivity contribution < 1.29 is 37.3 Å². The van der Waals surface area contributed by atoms with E-state index in [1.54, 1.807) is 53.2 Å². The molecule has 0 radical (unpaired) electrons. The number of pyridine rings is 2. The third-order valence-corrected chi connectivity index (χ3v) is 13.8. The Morgan fingerprint density at radius 2 is 1.30 bits per heavy atom. The molecule has 10 rings (SSSR count). The molecule has 0 spiro atoms. The van der Waals surface area contributed by atoms with Crippen LogP contribution in [0, 0.1) is 11.8 Å². The second kappa shape index (κ2) is 16.9. The third kappa shape index (κ3) is 8.36. The Labute approximate surface area is 364 Å². The van der Waals surface area contributed by atoms with Gasteiger partial charge in [-0.15, -0.1) is 22.7 Å². The van der Waals surface area contributed by atoms with Gasteiger partial charge in [-0.2, -0.15) is 23.4 Å².